The number of hydrogen-bond donors (Lipinski definition) is 3. The Labute approximate surface area is 193 Å². The largest absolute Gasteiger partial charge is 0.353 e. The van der Waals surface area contributed by atoms with E-state index in [9.17, 15) is 14.4 Å². The molecule has 1 amide bonds. The summed E-state index contributed by atoms with van der Waals surface area (Å²) in [5, 5.41) is 12.7. The van der Waals surface area contributed by atoms with Gasteiger partial charge in [0.05, 0.1) is 5.75 Å². The smallest absolute Gasteiger partial charge is 0.325 e. The summed E-state index contributed by atoms with van der Waals surface area (Å²) in [5.74, 6) is 0.696. The predicted octanol–water partition coefficient (Wildman–Crippen LogP) is 2.43. The molecule has 11 heteroatoms. The van der Waals surface area contributed by atoms with Gasteiger partial charge < -0.3 is 10.3 Å². The molecule has 2 aromatic heterocycles. The van der Waals surface area contributed by atoms with Crippen molar-refractivity contribution in [3.05, 3.63) is 67.7 Å². The van der Waals surface area contributed by atoms with Gasteiger partial charge in [-0.25, -0.2) is 4.79 Å². The Balaban J connectivity index is 1.56. The second-order valence-corrected chi connectivity index (χ2v) is 9.07. The van der Waals surface area contributed by atoms with Crippen LogP contribution in [0, 0.1) is 0 Å². The third-order valence-corrected chi connectivity index (χ3v) is 6.43. The highest BCUT2D eigenvalue weighted by molar-refractivity contribution is 7.99. The van der Waals surface area contributed by atoms with E-state index in [0.29, 0.717) is 21.7 Å². The summed E-state index contributed by atoms with van der Waals surface area (Å²) in [4.78, 5) is 40.5. The fraction of sp³-hybridized carbons (Fsp3) is 0.381. The highest BCUT2D eigenvalue weighted by atomic mass is 35.5. The van der Waals surface area contributed by atoms with E-state index in [1.807, 2.05) is 12.1 Å². The normalized spacial score (nSPS) is 14.4. The number of rotatable bonds is 7. The number of aromatic nitrogens is 5. The molecule has 3 N–H and O–H groups in total. The topological polar surface area (TPSA) is 126 Å². The summed E-state index contributed by atoms with van der Waals surface area (Å²) in [6.07, 6.45) is 5.76. The maximum atomic E-state index is 12.5. The van der Waals surface area contributed by atoms with Gasteiger partial charge in [0.1, 0.15) is 5.82 Å². The Morgan fingerprint density at radius 2 is 1.88 bits per heavy atom. The average Bonchev–Trinajstić information content (AvgIpc) is 3.15. The van der Waals surface area contributed by atoms with Gasteiger partial charge in [-0.05, 0) is 37.1 Å². The fourth-order valence-electron chi connectivity index (χ4n) is 3.79. The Kier molecular flexibility index (Phi) is 7.11. The van der Waals surface area contributed by atoms with E-state index in [1.165, 1.54) is 24.2 Å². The molecule has 1 saturated carbocycles. The summed E-state index contributed by atoms with van der Waals surface area (Å²) in [5.41, 5.74) is 0.0964. The maximum Gasteiger partial charge on any atom is 0.325 e. The van der Waals surface area contributed by atoms with Gasteiger partial charge in [-0.1, -0.05) is 42.6 Å². The molecule has 1 fully saturated rings. The zero-order chi connectivity index (χ0) is 22.5. The van der Waals surface area contributed by atoms with Crippen LogP contribution in [0.2, 0.25) is 5.02 Å². The zero-order valence-corrected chi connectivity index (χ0v) is 18.8. The van der Waals surface area contributed by atoms with Crippen LogP contribution in [-0.2, 0) is 11.2 Å². The van der Waals surface area contributed by atoms with Crippen molar-refractivity contribution in [3.8, 4) is 5.69 Å². The van der Waals surface area contributed by atoms with Crippen molar-refractivity contribution < 1.29 is 4.79 Å². The van der Waals surface area contributed by atoms with E-state index < -0.39 is 11.2 Å². The SMILES string of the molecule is O=C(CSc1nnc(Cc2cc(=O)[nH]c(=O)[nH]2)n1-c1ccc(Cl)cc1)NC1CCCCC1. The van der Waals surface area contributed by atoms with Crippen molar-refractivity contribution in [2.45, 2.75) is 49.7 Å². The van der Waals surface area contributed by atoms with Gasteiger partial charge in [-0.15, -0.1) is 10.2 Å². The van der Waals surface area contributed by atoms with Gasteiger partial charge in [0, 0.05) is 34.9 Å². The maximum absolute atomic E-state index is 12.5. The van der Waals surface area contributed by atoms with Crippen molar-refractivity contribution in [1.82, 2.24) is 30.0 Å². The molecular formula is C21H23ClN6O3S. The first-order chi connectivity index (χ1) is 15.5. The summed E-state index contributed by atoms with van der Waals surface area (Å²) in [6, 6.07) is 8.70. The molecule has 1 aliphatic carbocycles. The standard InChI is InChI=1S/C21H23ClN6O3S/c22-13-6-8-16(9-7-13)28-17(10-15-11-18(29)25-20(31)24-15)26-27-21(28)32-12-19(30)23-14-4-2-1-3-5-14/h6-9,11,14H,1-5,10,12H2,(H,23,30)(H2,24,25,29,31). The monoisotopic (exact) mass is 474 g/mol. The summed E-state index contributed by atoms with van der Waals surface area (Å²) < 4.78 is 1.80. The molecule has 0 bridgehead atoms. The number of carbonyl (C=O) groups is 1. The first-order valence-electron chi connectivity index (χ1n) is 10.4. The van der Waals surface area contributed by atoms with E-state index in [-0.39, 0.29) is 24.1 Å². The molecule has 3 aromatic rings. The first kappa shape index (κ1) is 22.3. The lowest BCUT2D eigenvalue weighted by Gasteiger charge is -2.22. The molecular weight excluding hydrogens is 452 g/mol. The summed E-state index contributed by atoms with van der Waals surface area (Å²) >= 11 is 7.32. The number of nitrogens with zero attached hydrogens (tertiary/aromatic N) is 3. The number of carbonyl (C=O) groups excluding carboxylic acids is 1. The minimum atomic E-state index is -0.584. The predicted molar refractivity (Wildman–Crippen MR) is 123 cm³/mol. The Morgan fingerprint density at radius 1 is 1.12 bits per heavy atom. The lowest BCUT2D eigenvalue weighted by atomic mass is 9.95. The number of thioether (sulfide) groups is 1. The third kappa shape index (κ3) is 5.68. The summed E-state index contributed by atoms with van der Waals surface area (Å²) in [6.45, 7) is 0. The van der Waals surface area contributed by atoms with Crippen molar-refractivity contribution >= 4 is 29.3 Å². The Hall–Kier alpha value is -2.85. The second-order valence-electron chi connectivity index (χ2n) is 7.69. The van der Waals surface area contributed by atoms with Crippen LogP contribution in [0.15, 0.2) is 45.1 Å². The molecule has 0 aliphatic heterocycles. The molecule has 9 nitrogen and oxygen atoms in total. The van der Waals surface area contributed by atoms with Crippen molar-refractivity contribution in [3.63, 3.8) is 0 Å². The molecule has 4 rings (SSSR count). The van der Waals surface area contributed by atoms with E-state index in [4.69, 9.17) is 11.6 Å². The van der Waals surface area contributed by atoms with Crippen LogP contribution < -0.4 is 16.6 Å². The average molecular weight is 475 g/mol. The fourth-order valence-corrected chi connectivity index (χ4v) is 4.70. The second kappa shape index (κ2) is 10.2. The minimum absolute atomic E-state index is 0.0342. The molecule has 0 atom stereocenters. The first-order valence-corrected chi connectivity index (χ1v) is 11.8. The van der Waals surface area contributed by atoms with Gasteiger partial charge in [0.15, 0.2) is 5.16 Å². The van der Waals surface area contributed by atoms with Crippen LogP contribution in [0.25, 0.3) is 5.69 Å². The number of benzene rings is 1. The lowest BCUT2D eigenvalue weighted by Crippen LogP contribution is -2.37. The van der Waals surface area contributed by atoms with Crippen molar-refractivity contribution in [1.29, 1.82) is 0 Å². The Bertz CT molecular complexity index is 1170. The molecule has 0 saturated heterocycles. The molecule has 168 valence electrons. The molecule has 32 heavy (non-hydrogen) atoms. The molecule has 0 spiro atoms. The number of amides is 1. The molecule has 0 unspecified atom stereocenters. The zero-order valence-electron chi connectivity index (χ0n) is 17.3. The third-order valence-electron chi connectivity index (χ3n) is 5.25. The van der Waals surface area contributed by atoms with Gasteiger partial charge in [-0.2, -0.15) is 0 Å². The molecule has 1 aromatic carbocycles. The van der Waals surface area contributed by atoms with Gasteiger partial charge in [0.25, 0.3) is 5.56 Å². The van der Waals surface area contributed by atoms with E-state index >= 15 is 0 Å². The van der Waals surface area contributed by atoms with Crippen LogP contribution in [-0.4, -0.2) is 42.4 Å². The minimum Gasteiger partial charge on any atom is -0.353 e. The van der Waals surface area contributed by atoms with E-state index in [2.05, 4.69) is 25.5 Å². The number of H-pyrrole nitrogens is 2. The number of hydrogen-bond acceptors (Lipinski definition) is 6. The van der Waals surface area contributed by atoms with Crippen LogP contribution in [0.5, 0.6) is 0 Å². The summed E-state index contributed by atoms with van der Waals surface area (Å²) in [7, 11) is 0. The van der Waals surface area contributed by atoms with Gasteiger partial charge in [0.2, 0.25) is 5.91 Å². The van der Waals surface area contributed by atoms with Crippen LogP contribution >= 0.6 is 23.4 Å². The number of aromatic amines is 2. The van der Waals surface area contributed by atoms with Crippen molar-refractivity contribution in [2.75, 3.05) is 5.75 Å². The van der Waals surface area contributed by atoms with E-state index in [0.717, 1.165) is 31.4 Å². The van der Waals surface area contributed by atoms with E-state index in [1.54, 1.807) is 16.7 Å². The lowest BCUT2D eigenvalue weighted by molar-refractivity contribution is -0.119. The molecule has 0 radical (unpaired) electrons. The van der Waals surface area contributed by atoms with Gasteiger partial charge >= 0.3 is 5.69 Å². The highest BCUT2D eigenvalue weighted by Crippen LogP contribution is 2.24. The number of halogens is 1. The number of nitrogens with one attached hydrogen (secondary N) is 3. The molecule has 2 heterocycles. The van der Waals surface area contributed by atoms with Crippen LogP contribution in [0.4, 0.5) is 0 Å². The Morgan fingerprint density at radius 3 is 2.59 bits per heavy atom. The van der Waals surface area contributed by atoms with Crippen molar-refractivity contribution in [2.24, 2.45) is 0 Å². The quantitative estimate of drug-likeness (QED) is 0.451. The highest BCUT2D eigenvalue weighted by Gasteiger charge is 2.19. The van der Waals surface area contributed by atoms with Crippen LogP contribution in [0.3, 0.4) is 0 Å². The van der Waals surface area contributed by atoms with Crippen LogP contribution in [0.1, 0.15) is 43.6 Å². The van der Waals surface area contributed by atoms with Gasteiger partial charge in [-0.3, -0.25) is 19.1 Å². The molecule has 1 aliphatic rings.